The molecule has 0 bridgehead atoms. The van der Waals surface area contributed by atoms with Gasteiger partial charge in [0.05, 0.1) is 12.6 Å². The molecule has 0 spiro atoms. The summed E-state index contributed by atoms with van der Waals surface area (Å²) < 4.78 is 48.6. The largest absolute Gasteiger partial charge is 0.401 e. The number of nitrogens with one attached hydrogen (secondary N) is 1. The number of alkyl halides is 3. The van der Waals surface area contributed by atoms with E-state index in [4.69, 9.17) is 9.47 Å². The molecule has 6 nitrogen and oxygen atoms in total. The maximum absolute atomic E-state index is 12.6. The number of rotatable bonds is 8. The fraction of sp³-hybridized carbons (Fsp3) is 0.944. The lowest BCUT2D eigenvalue weighted by Crippen LogP contribution is -2.50. The summed E-state index contributed by atoms with van der Waals surface area (Å²) in [5.74, 6) is 0.814. The van der Waals surface area contributed by atoms with Gasteiger partial charge in [-0.3, -0.25) is 9.89 Å². The Balaban J connectivity index is 1.75. The fourth-order valence-corrected chi connectivity index (χ4v) is 3.60. The summed E-state index contributed by atoms with van der Waals surface area (Å²) in [5.41, 5.74) is 0. The molecule has 1 atom stereocenters. The minimum atomic E-state index is -4.14. The van der Waals surface area contributed by atoms with Crippen molar-refractivity contribution in [2.75, 3.05) is 59.6 Å². The third-order valence-electron chi connectivity index (χ3n) is 4.90. The molecule has 27 heavy (non-hydrogen) atoms. The van der Waals surface area contributed by atoms with Crippen LogP contribution < -0.4 is 5.32 Å². The van der Waals surface area contributed by atoms with E-state index in [-0.39, 0.29) is 12.1 Å². The average Bonchev–Trinajstić information content (AvgIpc) is 3.04. The molecule has 1 unspecified atom stereocenters. The van der Waals surface area contributed by atoms with Gasteiger partial charge in [0.15, 0.2) is 5.96 Å². The Hall–Kier alpha value is -1.06. The number of methoxy groups -OCH3 is 1. The van der Waals surface area contributed by atoms with Gasteiger partial charge in [-0.05, 0) is 32.6 Å². The number of piperidine rings is 1. The zero-order valence-corrected chi connectivity index (χ0v) is 16.4. The highest BCUT2D eigenvalue weighted by Gasteiger charge is 2.35. The second-order valence-electron chi connectivity index (χ2n) is 7.18. The lowest BCUT2D eigenvalue weighted by Gasteiger charge is -2.35. The van der Waals surface area contributed by atoms with Crippen molar-refractivity contribution in [1.29, 1.82) is 0 Å². The van der Waals surface area contributed by atoms with Crippen LogP contribution in [0.1, 0.15) is 32.6 Å². The standard InChI is InChI=1S/C18H33F3N4O2/c1-3-22-17(23-15-5-8-24(13-15)14-18(19,20)21)25-9-6-16(7-10-25)27-12-4-11-26-2/h15-16H,3-14H2,1-2H3,(H,22,23). The van der Waals surface area contributed by atoms with Crippen molar-refractivity contribution in [3.8, 4) is 0 Å². The van der Waals surface area contributed by atoms with E-state index in [2.05, 4.69) is 15.2 Å². The predicted octanol–water partition coefficient (Wildman–Crippen LogP) is 2.11. The van der Waals surface area contributed by atoms with Crippen LogP contribution in [0.2, 0.25) is 0 Å². The molecule has 2 rings (SSSR count). The van der Waals surface area contributed by atoms with Crippen molar-refractivity contribution in [2.24, 2.45) is 4.99 Å². The normalized spacial score (nSPS) is 23.2. The average molecular weight is 394 g/mol. The number of ether oxygens (including phenoxy) is 2. The number of nitrogens with zero attached hydrogens (tertiary/aromatic N) is 3. The number of halogens is 3. The summed E-state index contributed by atoms with van der Waals surface area (Å²) in [6.07, 6.45) is -0.408. The summed E-state index contributed by atoms with van der Waals surface area (Å²) >= 11 is 0. The molecule has 0 aromatic rings. The molecular formula is C18H33F3N4O2. The monoisotopic (exact) mass is 394 g/mol. The van der Waals surface area contributed by atoms with Crippen molar-refractivity contribution >= 4 is 5.96 Å². The molecule has 0 saturated carbocycles. The number of likely N-dealkylation sites (tertiary alicyclic amines) is 2. The van der Waals surface area contributed by atoms with E-state index in [1.165, 1.54) is 4.90 Å². The molecule has 0 aromatic carbocycles. The molecule has 2 heterocycles. The van der Waals surface area contributed by atoms with Crippen LogP contribution in [-0.2, 0) is 9.47 Å². The van der Waals surface area contributed by atoms with Crippen LogP contribution in [-0.4, -0.2) is 93.7 Å². The first-order valence-electron chi connectivity index (χ1n) is 9.87. The summed E-state index contributed by atoms with van der Waals surface area (Å²) in [6, 6.07) is 0.0145. The number of guanidine groups is 1. The van der Waals surface area contributed by atoms with Gasteiger partial charge in [-0.1, -0.05) is 0 Å². The first kappa shape index (κ1) is 22.2. The smallest absolute Gasteiger partial charge is 0.385 e. The first-order chi connectivity index (χ1) is 12.9. The van der Waals surface area contributed by atoms with Crippen molar-refractivity contribution in [3.63, 3.8) is 0 Å². The van der Waals surface area contributed by atoms with Gasteiger partial charge in [0.1, 0.15) is 0 Å². The highest BCUT2D eigenvalue weighted by molar-refractivity contribution is 5.80. The molecule has 158 valence electrons. The molecule has 9 heteroatoms. The molecule has 0 radical (unpaired) electrons. The van der Waals surface area contributed by atoms with Crippen LogP contribution in [0.15, 0.2) is 4.99 Å². The van der Waals surface area contributed by atoms with E-state index < -0.39 is 12.7 Å². The highest BCUT2D eigenvalue weighted by Crippen LogP contribution is 2.20. The van der Waals surface area contributed by atoms with E-state index >= 15 is 0 Å². The molecule has 0 amide bonds. The van der Waals surface area contributed by atoms with E-state index in [1.54, 1.807) is 7.11 Å². The van der Waals surface area contributed by atoms with Crippen LogP contribution in [0.25, 0.3) is 0 Å². The topological polar surface area (TPSA) is 49.3 Å². The first-order valence-corrected chi connectivity index (χ1v) is 9.87. The Morgan fingerprint density at radius 1 is 1.15 bits per heavy atom. The predicted molar refractivity (Wildman–Crippen MR) is 99.1 cm³/mol. The fourth-order valence-electron chi connectivity index (χ4n) is 3.60. The molecule has 0 aromatic heterocycles. The van der Waals surface area contributed by atoms with Gasteiger partial charge in [0.25, 0.3) is 0 Å². The molecule has 1 N–H and O–H groups in total. The van der Waals surface area contributed by atoms with Gasteiger partial charge in [0, 0.05) is 59.1 Å². The number of hydrogen-bond acceptors (Lipinski definition) is 4. The maximum Gasteiger partial charge on any atom is 0.401 e. The summed E-state index contributed by atoms with van der Waals surface area (Å²) in [7, 11) is 1.69. The third kappa shape index (κ3) is 8.23. The lowest BCUT2D eigenvalue weighted by atomic mass is 10.1. The Labute approximate surface area is 160 Å². The zero-order chi connectivity index (χ0) is 19.7. The molecule has 2 aliphatic heterocycles. The van der Waals surface area contributed by atoms with Gasteiger partial charge >= 0.3 is 6.18 Å². The lowest BCUT2D eigenvalue weighted by molar-refractivity contribution is -0.143. The highest BCUT2D eigenvalue weighted by atomic mass is 19.4. The van der Waals surface area contributed by atoms with E-state index in [0.29, 0.717) is 39.3 Å². The van der Waals surface area contributed by atoms with Gasteiger partial charge in [-0.2, -0.15) is 13.2 Å². The second kappa shape index (κ2) is 11.1. The minimum absolute atomic E-state index is 0.0145. The van der Waals surface area contributed by atoms with Crippen molar-refractivity contribution in [1.82, 2.24) is 15.1 Å². The second-order valence-corrected chi connectivity index (χ2v) is 7.18. The summed E-state index contributed by atoms with van der Waals surface area (Å²) in [5, 5.41) is 3.39. The maximum atomic E-state index is 12.6. The van der Waals surface area contributed by atoms with Gasteiger partial charge in [0.2, 0.25) is 0 Å². The van der Waals surface area contributed by atoms with Crippen molar-refractivity contribution in [2.45, 2.75) is 50.9 Å². The molecule has 2 saturated heterocycles. The molecular weight excluding hydrogens is 361 g/mol. The third-order valence-corrected chi connectivity index (χ3v) is 4.90. The van der Waals surface area contributed by atoms with Gasteiger partial charge < -0.3 is 19.7 Å². The van der Waals surface area contributed by atoms with Crippen molar-refractivity contribution < 1.29 is 22.6 Å². The summed E-state index contributed by atoms with van der Waals surface area (Å²) in [6.45, 7) is 5.77. The van der Waals surface area contributed by atoms with Crippen LogP contribution >= 0.6 is 0 Å². The molecule has 0 aliphatic carbocycles. The van der Waals surface area contributed by atoms with Crippen LogP contribution in [0.3, 0.4) is 0 Å². The minimum Gasteiger partial charge on any atom is -0.385 e. The Bertz CT molecular complexity index is 454. The van der Waals surface area contributed by atoms with Gasteiger partial charge in [-0.25, -0.2) is 0 Å². The Morgan fingerprint density at radius 3 is 2.52 bits per heavy atom. The Morgan fingerprint density at radius 2 is 1.89 bits per heavy atom. The number of hydrogen-bond donors (Lipinski definition) is 1. The van der Waals surface area contributed by atoms with E-state index in [1.807, 2.05) is 6.92 Å². The van der Waals surface area contributed by atoms with E-state index in [0.717, 1.165) is 38.3 Å². The molecule has 2 fully saturated rings. The molecule has 2 aliphatic rings. The quantitative estimate of drug-likeness (QED) is 0.388. The zero-order valence-electron chi connectivity index (χ0n) is 16.4. The van der Waals surface area contributed by atoms with E-state index in [9.17, 15) is 13.2 Å². The van der Waals surface area contributed by atoms with Gasteiger partial charge in [-0.15, -0.1) is 0 Å². The van der Waals surface area contributed by atoms with Crippen molar-refractivity contribution in [3.05, 3.63) is 0 Å². The number of aliphatic imine (C=N–C) groups is 1. The van der Waals surface area contributed by atoms with Crippen LogP contribution in [0.4, 0.5) is 13.2 Å². The van der Waals surface area contributed by atoms with Crippen LogP contribution in [0, 0.1) is 0 Å². The SMILES string of the molecule is CCN=C(NC1CCN(CC(F)(F)F)C1)N1CCC(OCCCOC)CC1. The van der Waals surface area contributed by atoms with Crippen LogP contribution in [0.5, 0.6) is 0 Å². The summed E-state index contributed by atoms with van der Waals surface area (Å²) in [4.78, 5) is 8.21. The Kier molecular flexibility index (Phi) is 9.11.